The third-order valence-corrected chi connectivity index (χ3v) is 4.20. The van der Waals surface area contributed by atoms with Crippen molar-refractivity contribution in [1.29, 1.82) is 0 Å². The lowest BCUT2D eigenvalue weighted by molar-refractivity contribution is -0.123. The Morgan fingerprint density at radius 1 is 1.12 bits per heavy atom. The number of carbonyl (C=O) groups is 2. The summed E-state index contributed by atoms with van der Waals surface area (Å²) in [7, 11) is 3.31. The SMILES string of the molecule is CN(C)C(=O)/C=C(/C(=O)Nc1ccc2c(c1)CCCO2)c1ccccc1. The first-order chi connectivity index (χ1) is 12.5. The van der Waals surface area contributed by atoms with Gasteiger partial charge >= 0.3 is 0 Å². The van der Waals surface area contributed by atoms with Gasteiger partial charge in [0.25, 0.3) is 5.91 Å². The van der Waals surface area contributed by atoms with Crippen LogP contribution in [0.2, 0.25) is 0 Å². The molecule has 0 bridgehead atoms. The van der Waals surface area contributed by atoms with E-state index in [4.69, 9.17) is 4.74 Å². The molecular weight excluding hydrogens is 328 g/mol. The molecular formula is C21H22N2O3. The van der Waals surface area contributed by atoms with E-state index in [1.54, 1.807) is 14.1 Å². The maximum Gasteiger partial charge on any atom is 0.256 e. The predicted molar refractivity (Wildman–Crippen MR) is 102 cm³/mol. The highest BCUT2D eigenvalue weighted by Crippen LogP contribution is 2.28. The fourth-order valence-corrected chi connectivity index (χ4v) is 2.79. The van der Waals surface area contributed by atoms with E-state index in [1.807, 2.05) is 48.5 Å². The average molecular weight is 350 g/mol. The third kappa shape index (κ3) is 4.11. The van der Waals surface area contributed by atoms with E-state index in [1.165, 1.54) is 11.0 Å². The molecule has 2 aromatic rings. The van der Waals surface area contributed by atoms with Gasteiger partial charge in [-0.2, -0.15) is 0 Å². The molecule has 1 N–H and O–H groups in total. The molecule has 26 heavy (non-hydrogen) atoms. The van der Waals surface area contributed by atoms with Crippen LogP contribution in [0.15, 0.2) is 54.6 Å². The van der Waals surface area contributed by atoms with Crippen molar-refractivity contribution in [2.45, 2.75) is 12.8 Å². The predicted octanol–water partition coefficient (Wildman–Crippen LogP) is 3.12. The molecule has 0 saturated heterocycles. The summed E-state index contributed by atoms with van der Waals surface area (Å²) in [6.45, 7) is 0.728. The smallest absolute Gasteiger partial charge is 0.256 e. The van der Waals surface area contributed by atoms with Gasteiger partial charge in [0, 0.05) is 25.9 Å². The molecule has 1 aliphatic rings. The van der Waals surface area contributed by atoms with Crippen molar-refractivity contribution in [2.24, 2.45) is 0 Å². The Kier molecular flexibility index (Phi) is 5.37. The summed E-state index contributed by atoms with van der Waals surface area (Å²) >= 11 is 0. The minimum Gasteiger partial charge on any atom is -0.493 e. The monoisotopic (exact) mass is 350 g/mol. The standard InChI is InChI=1S/C21H22N2O3/c1-23(2)20(24)14-18(15-7-4-3-5-8-15)21(25)22-17-10-11-19-16(13-17)9-6-12-26-19/h3-5,7-8,10-11,13-14H,6,9,12H2,1-2H3,(H,22,25)/b18-14+. The molecule has 0 aliphatic carbocycles. The van der Waals surface area contributed by atoms with Gasteiger partial charge in [-0.25, -0.2) is 0 Å². The molecule has 2 aromatic carbocycles. The van der Waals surface area contributed by atoms with Gasteiger partial charge in [-0.3, -0.25) is 9.59 Å². The van der Waals surface area contributed by atoms with Gasteiger partial charge in [-0.15, -0.1) is 0 Å². The van der Waals surface area contributed by atoms with Crippen molar-refractivity contribution >= 4 is 23.1 Å². The Morgan fingerprint density at radius 2 is 1.88 bits per heavy atom. The maximum absolute atomic E-state index is 12.9. The summed E-state index contributed by atoms with van der Waals surface area (Å²) in [4.78, 5) is 26.4. The molecule has 2 amide bonds. The zero-order valence-electron chi connectivity index (χ0n) is 15.0. The minimum absolute atomic E-state index is 0.238. The first-order valence-electron chi connectivity index (χ1n) is 8.60. The van der Waals surface area contributed by atoms with Crippen molar-refractivity contribution in [2.75, 3.05) is 26.0 Å². The number of ether oxygens (including phenoxy) is 1. The van der Waals surface area contributed by atoms with E-state index in [2.05, 4.69) is 5.32 Å². The topological polar surface area (TPSA) is 58.6 Å². The highest BCUT2D eigenvalue weighted by atomic mass is 16.5. The second-order valence-corrected chi connectivity index (χ2v) is 6.39. The lowest BCUT2D eigenvalue weighted by Crippen LogP contribution is -2.22. The first-order valence-corrected chi connectivity index (χ1v) is 8.60. The molecule has 0 atom stereocenters. The normalized spacial score (nSPS) is 13.4. The average Bonchev–Trinajstić information content (AvgIpc) is 2.66. The van der Waals surface area contributed by atoms with Crippen LogP contribution < -0.4 is 10.1 Å². The number of nitrogens with zero attached hydrogens (tertiary/aromatic N) is 1. The van der Waals surface area contributed by atoms with Crippen molar-refractivity contribution in [3.63, 3.8) is 0 Å². The molecule has 134 valence electrons. The number of fused-ring (bicyclic) bond motifs is 1. The molecule has 0 aromatic heterocycles. The van der Waals surface area contributed by atoms with Crippen LogP contribution in [0.1, 0.15) is 17.5 Å². The van der Waals surface area contributed by atoms with Crippen molar-refractivity contribution in [1.82, 2.24) is 4.90 Å². The second kappa shape index (κ2) is 7.87. The number of hydrogen-bond acceptors (Lipinski definition) is 3. The number of nitrogens with one attached hydrogen (secondary N) is 1. The highest BCUT2D eigenvalue weighted by Gasteiger charge is 2.16. The van der Waals surface area contributed by atoms with Gasteiger partial charge < -0.3 is 15.0 Å². The van der Waals surface area contributed by atoms with Gasteiger partial charge in [-0.05, 0) is 42.2 Å². The zero-order chi connectivity index (χ0) is 18.5. The summed E-state index contributed by atoms with van der Waals surface area (Å²) < 4.78 is 5.60. The number of amides is 2. The Balaban J connectivity index is 1.87. The maximum atomic E-state index is 12.9. The van der Waals surface area contributed by atoms with Gasteiger partial charge in [0.05, 0.1) is 12.2 Å². The molecule has 5 nitrogen and oxygen atoms in total. The van der Waals surface area contributed by atoms with Gasteiger partial charge in [0.2, 0.25) is 5.91 Å². The van der Waals surface area contributed by atoms with Crippen molar-refractivity contribution < 1.29 is 14.3 Å². The van der Waals surface area contributed by atoms with Gasteiger partial charge in [0.1, 0.15) is 5.75 Å². The summed E-state index contributed by atoms with van der Waals surface area (Å²) in [5.74, 6) is 0.316. The third-order valence-electron chi connectivity index (χ3n) is 4.20. The van der Waals surface area contributed by atoms with Crippen LogP contribution in [0.5, 0.6) is 5.75 Å². The van der Waals surface area contributed by atoms with Gasteiger partial charge in [-0.1, -0.05) is 30.3 Å². The van der Waals surface area contributed by atoms with Crippen LogP contribution in [0.3, 0.4) is 0 Å². The molecule has 0 fully saturated rings. The molecule has 0 radical (unpaired) electrons. The van der Waals surface area contributed by atoms with E-state index < -0.39 is 0 Å². The van der Waals surface area contributed by atoms with Crippen molar-refractivity contribution in [3.05, 3.63) is 65.7 Å². The minimum atomic E-state index is -0.317. The quantitative estimate of drug-likeness (QED) is 0.862. The fraction of sp³-hybridized carbons (Fsp3) is 0.238. The molecule has 0 unspecified atom stereocenters. The van der Waals surface area contributed by atoms with Gasteiger partial charge in [0.15, 0.2) is 0 Å². The van der Waals surface area contributed by atoms with Crippen LogP contribution in [0.4, 0.5) is 5.69 Å². The first kappa shape index (κ1) is 17.7. The number of rotatable bonds is 4. The highest BCUT2D eigenvalue weighted by molar-refractivity contribution is 6.28. The second-order valence-electron chi connectivity index (χ2n) is 6.39. The number of anilines is 1. The summed E-state index contributed by atoms with van der Waals surface area (Å²) in [5, 5.41) is 2.90. The number of hydrogen-bond donors (Lipinski definition) is 1. The van der Waals surface area contributed by atoms with E-state index >= 15 is 0 Å². The molecule has 1 aliphatic heterocycles. The number of likely N-dealkylation sites (N-methyl/N-ethyl adjacent to an activating group) is 1. The number of benzene rings is 2. The van der Waals surface area contributed by atoms with Crippen LogP contribution in [-0.2, 0) is 16.0 Å². The van der Waals surface area contributed by atoms with Crippen LogP contribution in [0, 0.1) is 0 Å². The number of carbonyl (C=O) groups excluding carboxylic acids is 2. The van der Waals surface area contributed by atoms with E-state index in [0.29, 0.717) is 16.8 Å². The summed E-state index contributed by atoms with van der Waals surface area (Å²) in [6.07, 6.45) is 3.27. The molecule has 3 rings (SSSR count). The van der Waals surface area contributed by atoms with Crippen LogP contribution >= 0.6 is 0 Å². The zero-order valence-corrected chi connectivity index (χ0v) is 15.0. The Hall–Kier alpha value is -3.08. The molecule has 0 spiro atoms. The van der Waals surface area contributed by atoms with Crippen LogP contribution in [0.25, 0.3) is 5.57 Å². The van der Waals surface area contributed by atoms with E-state index in [-0.39, 0.29) is 11.8 Å². The summed E-state index contributed by atoms with van der Waals surface area (Å²) in [5.41, 5.74) is 2.81. The van der Waals surface area contributed by atoms with E-state index in [0.717, 1.165) is 30.8 Å². The van der Waals surface area contributed by atoms with Crippen LogP contribution in [-0.4, -0.2) is 37.4 Å². The Bertz CT molecular complexity index is 842. The largest absolute Gasteiger partial charge is 0.493 e. The molecule has 5 heteroatoms. The Morgan fingerprint density at radius 3 is 2.62 bits per heavy atom. The lowest BCUT2D eigenvalue weighted by Gasteiger charge is -2.18. The van der Waals surface area contributed by atoms with E-state index in [9.17, 15) is 9.59 Å². The molecule has 1 heterocycles. The lowest BCUT2D eigenvalue weighted by atomic mass is 10.0. The fourth-order valence-electron chi connectivity index (χ4n) is 2.79. The summed E-state index contributed by atoms with van der Waals surface area (Å²) in [6, 6.07) is 14.8. The van der Waals surface area contributed by atoms with Crippen molar-refractivity contribution in [3.8, 4) is 5.75 Å². The number of aryl methyl sites for hydroxylation is 1. The Labute approximate surface area is 153 Å². The molecule has 0 saturated carbocycles.